The number of hydrogen-bond donors (Lipinski definition) is 0. The molecule has 0 bridgehead atoms. The topological polar surface area (TPSA) is 3.24 Å². The van der Waals surface area contributed by atoms with Gasteiger partial charge in [0, 0.05) is 28.4 Å². The molecule has 1 heteroatoms. The van der Waals surface area contributed by atoms with Crippen molar-refractivity contribution in [1.82, 2.24) is 0 Å². The van der Waals surface area contributed by atoms with Crippen molar-refractivity contribution < 1.29 is 0 Å². The zero-order valence-corrected chi connectivity index (χ0v) is 40.4. The second kappa shape index (κ2) is 16.4. The van der Waals surface area contributed by atoms with Gasteiger partial charge in [-0.2, -0.15) is 0 Å². The second-order valence-electron chi connectivity index (χ2n) is 20.3. The Morgan fingerprint density at radius 1 is 0.278 bits per heavy atom. The van der Waals surface area contributed by atoms with E-state index in [2.05, 4.69) is 286 Å². The van der Waals surface area contributed by atoms with Gasteiger partial charge in [-0.3, -0.25) is 0 Å². The zero-order valence-electron chi connectivity index (χ0n) is 40.4. The van der Waals surface area contributed by atoms with E-state index < -0.39 is 5.41 Å². The van der Waals surface area contributed by atoms with Gasteiger partial charge in [-0.1, -0.05) is 238 Å². The summed E-state index contributed by atoms with van der Waals surface area (Å²) in [5.74, 6) is 0.101. The molecule has 340 valence electrons. The molecule has 0 aliphatic heterocycles. The van der Waals surface area contributed by atoms with Gasteiger partial charge in [0.05, 0.1) is 5.41 Å². The molecule has 72 heavy (non-hydrogen) atoms. The van der Waals surface area contributed by atoms with E-state index in [4.69, 9.17) is 0 Å². The molecule has 0 fully saturated rings. The van der Waals surface area contributed by atoms with Crippen LogP contribution in [0, 0.1) is 0 Å². The van der Waals surface area contributed by atoms with Crippen LogP contribution in [-0.2, 0) is 10.8 Å². The van der Waals surface area contributed by atoms with Crippen molar-refractivity contribution in [3.05, 3.63) is 317 Å². The van der Waals surface area contributed by atoms with E-state index in [0.29, 0.717) is 0 Å². The van der Waals surface area contributed by atoms with Gasteiger partial charge in [0.1, 0.15) is 0 Å². The van der Waals surface area contributed by atoms with Gasteiger partial charge in [0.15, 0.2) is 0 Å². The summed E-state index contributed by atoms with van der Waals surface area (Å²) < 4.78 is 0. The molecule has 0 spiro atoms. The summed E-state index contributed by atoms with van der Waals surface area (Å²) in [5, 5.41) is 0. The Balaban J connectivity index is 0.897. The Bertz CT molecular complexity index is 3840. The highest BCUT2D eigenvalue weighted by molar-refractivity contribution is 5.91. The maximum Gasteiger partial charge on any atom is 0.0716 e. The lowest BCUT2D eigenvalue weighted by atomic mass is 9.64. The fourth-order valence-electron chi connectivity index (χ4n) is 13.0. The molecule has 0 saturated heterocycles. The van der Waals surface area contributed by atoms with Crippen LogP contribution in [0.1, 0.15) is 69.8 Å². The smallest absolute Gasteiger partial charge is 0.0716 e. The molecule has 1 unspecified atom stereocenters. The Morgan fingerprint density at radius 2 is 0.708 bits per heavy atom. The fourth-order valence-corrected chi connectivity index (χ4v) is 13.0. The summed E-state index contributed by atoms with van der Waals surface area (Å²) in [5.41, 5.74) is 27.4. The number of anilines is 3. The van der Waals surface area contributed by atoms with E-state index in [0.717, 1.165) is 17.1 Å². The molecule has 0 heterocycles. The Morgan fingerprint density at radius 3 is 1.35 bits per heavy atom. The molecule has 0 N–H and O–H groups in total. The highest BCUT2D eigenvalue weighted by atomic mass is 15.1. The maximum absolute atomic E-state index is 2.46. The van der Waals surface area contributed by atoms with E-state index in [9.17, 15) is 0 Å². The molecule has 14 rings (SSSR count). The molecule has 3 aliphatic carbocycles. The quantitative estimate of drug-likeness (QED) is 0.147. The molecular weight excluding hydrogens is 867 g/mol. The van der Waals surface area contributed by atoms with E-state index in [1.54, 1.807) is 0 Å². The van der Waals surface area contributed by atoms with Crippen LogP contribution in [0.25, 0.3) is 55.6 Å². The first kappa shape index (κ1) is 42.1. The lowest BCUT2D eigenvalue weighted by Crippen LogP contribution is -2.30. The highest BCUT2D eigenvalue weighted by Crippen LogP contribution is 2.60. The van der Waals surface area contributed by atoms with E-state index >= 15 is 0 Å². The third-order valence-electron chi connectivity index (χ3n) is 16.3. The molecule has 3 aliphatic rings. The Kier molecular flexibility index (Phi) is 9.60. The van der Waals surface area contributed by atoms with Crippen LogP contribution in [0.4, 0.5) is 17.1 Å². The molecule has 1 nitrogen and oxygen atoms in total. The maximum atomic E-state index is 2.46. The molecule has 1 atom stereocenters. The average molecular weight is 918 g/mol. The third kappa shape index (κ3) is 6.27. The lowest BCUT2D eigenvalue weighted by Gasteiger charge is -2.37. The van der Waals surface area contributed by atoms with Crippen LogP contribution in [0.15, 0.2) is 267 Å². The predicted molar refractivity (Wildman–Crippen MR) is 300 cm³/mol. The Labute approximate surface area is 423 Å². The van der Waals surface area contributed by atoms with E-state index in [1.807, 2.05) is 0 Å². The van der Waals surface area contributed by atoms with Crippen molar-refractivity contribution in [3.8, 4) is 55.6 Å². The largest absolute Gasteiger partial charge is 0.310 e. The normalized spacial score (nSPS) is 15.5. The first-order valence-corrected chi connectivity index (χ1v) is 25.4. The molecule has 0 aromatic heterocycles. The number of rotatable bonds is 8. The lowest BCUT2D eigenvalue weighted by molar-refractivity contribution is 0.660. The summed E-state index contributed by atoms with van der Waals surface area (Å²) in [6.45, 7) is 4.72. The minimum atomic E-state index is -0.555. The molecule has 0 radical (unpaired) electrons. The molecule has 11 aromatic rings. The third-order valence-corrected chi connectivity index (χ3v) is 16.3. The van der Waals surface area contributed by atoms with Crippen LogP contribution >= 0.6 is 0 Å². The summed E-state index contributed by atoms with van der Waals surface area (Å²) >= 11 is 0. The van der Waals surface area contributed by atoms with Gasteiger partial charge in [0.2, 0.25) is 0 Å². The molecule has 0 amide bonds. The van der Waals surface area contributed by atoms with Crippen molar-refractivity contribution in [2.45, 2.75) is 30.6 Å². The number of benzene rings is 11. The Hall–Kier alpha value is -8.78. The fraction of sp³-hybridized carbons (Fsp3) is 0.0704. The van der Waals surface area contributed by atoms with Crippen molar-refractivity contribution in [2.24, 2.45) is 0 Å². The summed E-state index contributed by atoms with van der Waals surface area (Å²) in [6, 6.07) is 99.8. The van der Waals surface area contributed by atoms with Crippen LogP contribution in [0.5, 0.6) is 0 Å². The summed E-state index contributed by atoms with van der Waals surface area (Å²) in [4.78, 5) is 2.42. The molecular formula is C71H51N. The monoisotopic (exact) mass is 917 g/mol. The van der Waals surface area contributed by atoms with Crippen molar-refractivity contribution in [1.29, 1.82) is 0 Å². The highest BCUT2D eigenvalue weighted by Gasteiger charge is 2.48. The number of fused-ring (bicyclic) bond motifs is 9. The van der Waals surface area contributed by atoms with E-state index in [-0.39, 0.29) is 11.3 Å². The van der Waals surface area contributed by atoms with Crippen LogP contribution in [-0.4, -0.2) is 0 Å². The number of hydrogen-bond acceptors (Lipinski definition) is 1. The van der Waals surface area contributed by atoms with Crippen molar-refractivity contribution in [3.63, 3.8) is 0 Å². The number of nitrogens with zero attached hydrogens (tertiary/aromatic N) is 1. The summed E-state index contributed by atoms with van der Waals surface area (Å²) in [7, 11) is 0. The van der Waals surface area contributed by atoms with Gasteiger partial charge in [-0.25, -0.2) is 0 Å². The molecule has 11 aromatic carbocycles. The average Bonchev–Trinajstić information content (AvgIpc) is 4.02. The SMILES string of the molecule is CC1(C)c2ccccc2-c2ccc(N(c3ccc(-c4ccccc4)cc3)c3ccc(-c4ccc5c(c4)-c4ccccc4C5(c4ccccc4)c4ccccc4C4c5ccccc5-c5ccccc54)cc3)cc21. The second-order valence-corrected chi connectivity index (χ2v) is 20.3. The molecule has 0 saturated carbocycles. The van der Waals surface area contributed by atoms with Gasteiger partial charge < -0.3 is 4.90 Å². The zero-order chi connectivity index (χ0) is 48.0. The van der Waals surface area contributed by atoms with Crippen LogP contribution in [0.3, 0.4) is 0 Å². The first-order chi connectivity index (χ1) is 35.5. The van der Waals surface area contributed by atoms with Crippen molar-refractivity contribution >= 4 is 17.1 Å². The van der Waals surface area contributed by atoms with Crippen molar-refractivity contribution in [2.75, 3.05) is 4.90 Å². The van der Waals surface area contributed by atoms with Crippen LogP contribution in [0.2, 0.25) is 0 Å². The van der Waals surface area contributed by atoms with Gasteiger partial charge in [-0.05, 0) is 148 Å². The van der Waals surface area contributed by atoms with E-state index in [1.165, 1.54) is 106 Å². The predicted octanol–water partition coefficient (Wildman–Crippen LogP) is 18.3. The standard InChI is InChI=1S/C71H51N/c1-70(2)64-30-16-13-25-57(64)59-43-42-54(46-68(59)70)72(52-38-33-48(34-39-52)47-19-5-3-6-20-47)53-40-35-49(36-41-53)50-37-44-67-63(45-50)58-26-14-17-31-65(58)71(67,51-21-7-4-8-22-51)66-32-18-15-29-62(66)69-60-27-11-9-23-55(60)56-24-10-12-28-61(56)69/h3-46,69H,1-2H3. The minimum absolute atomic E-state index is 0.101. The first-order valence-electron chi connectivity index (χ1n) is 25.4. The van der Waals surface area contributed by atoms with Gasteiger partial charge >= 0.3 is 0 Å². The minimum Gasteiger partial charge on any atom is -0.310 e. The summed E-state index contributed by atoms with van der Waals surface area (Å²) in [6.07, 6.45) is 0. The van der Waals surface area contributed by atoms with Gasteiger partial charge in [0.25, 0.3) is 0 Å². The van der Waals surface area contributed by atoms with Crippen LogP contribution < -0.4 is 4.90 Å². The van der Waals surface area contributed by atoms with Gasteiger partial charge in [-0.15, -0.1) is 0 Å².